The Kier molecular flexibility index (Phi) is 4.69. The zero-order valence-electron chi connectivity index (χ0n) is 15.2. The van der Waals surface area contributed by atoms with Crippen LogP contribution in [0, 0.1) is 5.92 Å². The fourth-order valence-corrected chi connectivity index (χ4v) is 4.37. The first kappa shape index (κ1) is 16.9. The summed E-state index contributed by atoms with van der Waals surface area (Å²) in [6.45, 7) is 5.28. The van der Waals surface area contributed by atoms with E-state index >= 15 is 0 Å². The summed E-state index contributed by atoms with van der Waals surface area (Å²) < 4.78 is 6.57. The third kappa shape index (κ3) is 3.53. The van der Waals surface area contributed by atoms with Gasteiger partial charge < -0.3 is 19.9 Å². The quantitative estimate of drug-likeness (QED) is 0.846. The summed E-state index contributed by atoms with van der Waals surface area (Å²) >= 11 is 0. The number of nitrogens with one attached hydrogen (secondary N) is 1. The number of piperidine rings is 2. The number of hydrogen-bond donors (Lipinski definition) is 1. The number of rotatable bonds is 1. The van der Waals surface area contributed by atoms with Crippen molar-refractivity contribution in [2.45, 2.75) is 37.8 Å². The number of para-hydroxylation sites is 1. The smallest absolute Gasteiger partial charge is 0.227 e. The molecule has 1 atom stereocenters. The van der Waals surface area contributed by atoms with Crippen molar-refractivity contribution >= 4 is 5.91 Å². The largest absolute Gasteiger partial charge is 0.485 e. The average Bonchev–Trinajstić information content (AvgIpc) is 2.81. The van der Waals surface area contributed by atoms with Crippen molar-refractivity contribution in [3.8, 4) is 5.75 Å². The molecule has 1 aromatic rings. The first-order valence-electron chi connectivity index (χ1n) is 9.60. The lowest BCUT2D eigenvalue weighted by atomic mass is 9.89. The molecule has 0 radical (unpaired) electrons. The molecule has 0 saturated carbocycles. The molecule has 136 valence electrons. The molecule has 1 spiro atoms. The van der Waals surface area contributed by atoms with E-state index in [-0.39, 0.29) is 11.5 Å². The van der Waals surface area contributed by atoms with E-state index in [1.54, 1.807) is 0 Å². The number of ether oxygens (including phenoxy) is 1. The van der Waals surface area contributed by atoms with E-state index in [9.17, 15) is 4.79 Å². The minimum absolute atomic E-state index is 0.113. The Hall–Kier alpha value is -1.59. The maximum absolute atomic E-state index is 13.2. The molecule has 25 heavy (non-hydrogen) atoms. The molecule has 3 heterocycles. The molecule has 0 aliphatic carbocycles. The minimum Gasteiger partial charge on any atom is -0.485 e. The molecule has 3 aliphatic rings. The molecule has 1 unspecified atom stereocenters. The summed E-state index contributed by atoms with van der Waals surface area (Å²) in [5.41, 5.74) is 0.895. The highest BCUT2D eigenvalue weighted by Crippen LogP contribution is 2.36. The zero-order valence-corrected chi connectivity index (χ0v) is 15.2. The van der Waals surface area contributed by atoms with Crippen molar-refractivity contribution < 1.29 is 9.53 Å². The summed E-state index contributed by atoms with van der Waals surface area (Å²) in [7, 11) is 2.16. The lowest BCUT2D eigenvalue weighted by Crippen LogP contribution is -2.55. The second-order valence-corrected chi connectivity index (χ2v) is 7.93. The van der Waals surface area contributed by atoms with Gasteiger partial charge in [0.2, 0.25) is 5.91 Å². The van der Waals surface area contributed by atoms with Crippen molar-refractivity contribution in [2.75, 3.05) is 39.8 Å². The second kappa shape index (κ2) is 6.96. The molecule has 2 saturated heterocycles. The van der Waals surface area contributed by atoms with Crippen LogP contribution in [0.1, 0.15) is 31.2 Å². The topological polar surface area (TPSA) is 44.8 Å². The molecule has 1 N–H and O–H groups in total. The van der Waals surface area contributed by atoms with Gasteiger partial charge in [-0.2, -0.15) is 0 Å². The van der Waals surface area contributed by atoms with E-state index in [0.717, 1.165) is 63.2 Å². The molecule has 0 bridgehead atoms. The summed E-state index contributed by atoms with van der Waals surface area (Å²) in [6.07, 6.45) is 4.04. The number of fused-ring (bicyclic) bond motifs is 1. The van der Waals surface area contributed by atoms with Crippen LogP contribution < -0.4 is 10.1 Å². The van der Waals surface area contributed by atoms with Gasteiger partial charge in [0.25, 0.3) is 0 Å². The Bertz CT molecular complexity index is 619. The van der Waals surface area contributed by atoms with Crippen LogP contribution in [0.5, 0.6) is 5.75 Å². The Balaban J connectivity index is 1.61. The first-order chi connectivity index (χ1) is 12.2. The highest BCUT2D eigenvalue weighted by molar-refractivity contribution is 5.79. The van der Waals surface area contributed by atoms with E-state index in [0.29, 0.717) is 19.0 Å². The number of nitrogens with zero attached hydrogens (tertiary/aromatic N) is 2. The van der Waals surface area contributed by atoms with Crippen LogP contribution in [0.4, 0.5) is 0 Å². The number of carbonyl (C=O) groups is 1. The normalized spacial score (nSPS) is 26.6. The fraction of sp³-hybridized carbons (Fsp3) is 0.650. The molecule has 1 aromatic carbocycles. The Morgan fingerprint density at radius 2 is 2.08 bits per heavy atom. The van der Waals surface area contributed by atoms with Gasteiger partial charge in [-0.1, -0.05) is 18.2 Å². The third-order valence-electron chi connectivity index (χ3n) is 6.00. The molecule has 0 aromatic heterocycles. The van der Waals surface area contributed by atoms with Gasteiger partial charge >= 0.3 is 0 Å². The number of hydrogen-bond acceptors (Lipinski definition) is 4. The van der Waals surface area contributed by atoms with Gasteiger partial charge in [0, 0.05) is 44.6 Å². The van der Waals surface area contributed by atoms with E-state index in [1.165, 1.54) is 0 Å². The second-order valence-electron chi connectivity index (χ2n) is 7.93. The van der Waals surface area contributed by atoms with Crippen molar-refractivity contribution in [1.29, 1.82) is 0 Å². The molecule has 2 fully saturated rings. The van der Waals surface area contributed by atoms with Gasteiger partial charge in [-0.15, -0.1) is 0 Å². The van der Waals surface area contributed by atoms with E-state index in [1.807, 2.05) is 12.1 Å². The van der Waals surface area contributed by atoms with Crippen LogP contribution >= 0.6 is 0 Å². The average molecular weight is 343 g/mol. The van der Waals surface area contributed by atoms with Crippen molar-refractivity contribution in [2.24, 2.45) is 5.92 Å². The molecular weight excluding hydrogens is 314 g/mol. The van der Waals surface area contributed by atoms with Crippen molar-refractivity contribution in [1.82, 2.24) is 15.1 Å². The maximum atomic E-state index is 13.2. The lowest BCUT2D eigenvalue weighted by molar-refractivity contribution is -0.140. The molecule has 5 heteroatoms. The van der Waals surface area contributed by atoms with E-state index in [4.69, 9.17) is 4.74 Å². The first-order valence-corrected chi connectivity index (χ1v) is 9.60. The Labute approximate surface area is 150 Å². The minimum atomic E-state index is -0.239. The van der Waals surface area contributed by atoms with Crippen LogP contribution in [0.25, 0.3) is 0 Å². The van der Waals surface area contributed by atoms with Crippen LogP contribution in [-0.2, 0) is 11.3 Å². The summed E-state index contributed by atoms with van der Waals surface area (Å²) in [5, 5.41) is 3.38. The monoisotopic (exact) mass is 343 g/mol. The summed E-state index contributed by atoms with van der Waals surface area (Å²) in [6, 6.07) is 8.23. The summed E-state index contributed by atoms with van der Waals surface area (Å²) in [5.74, 6) is 1.37. The molecule has 5 nitrogen and oxygen atoms in total. The molecular formula is C20H29N3O2. The van der Waals surface area contributed by atoms with E-state index < -0.39 is 0 Å². The van der Waals surface area contributed by atoms with Crippen molar-refractivity contribution in [3.05, 3.63) is 29.8 Å². The highest BCUT2D eigenvalue weighted by Gasteiger charge is 2.42. The van der Waals surface area contributed by atoms with Gasteiger partial charge in [-0.3, -0.25) is 4.79 Å². The van der Waals surface area contributed by atoms with Gasteiger partial charge in [0.15, 0.2) is 0 Å². The number of benzene rings is 1. The van der Waals surface area contributed by atoms with Crippen molar-refractivity contribution in [3.63, 3.8) is 0 Å². The van der Waals surface area contributed by atoms with Gasteiger partial charge in [0.05, 0.1) is 12.5 Å². The van der Waals surface area contributed by atoms with Crippen LogP contribution in [0.2, 0.25) is 0 Å². The van der Waals surface area contributed by atoms with E-state index in [2.05, 4.69) is 34.3 Å². The number of amides is 1. The lowest BCUT2D eigenvalue weighted by Gasteiger charge is -2.42. The SMILES string of the molecule is CN1CCC2(CC1)CN(C(=O)C1CCCNC1)Cc1ccccc1O2. The number of likely N-dealkylation sites (tertiary alicyclic amines) is 1. The van der Waals surface area contributed by atoms with Crippen LogP contribution in [0.3, 0.4) is 0 Å². The Morgan fingerprint density at radius 1 is 1.28 bits per heavy atom. The summed E-state index contributed by atoms with van der Waals surface area (Å²) in [4.78, 5) is 17.7. The Morgan fingerprint density at radius 3 is 2.84 bits per heavy atom. The van der Waals surface area contributed by atoms with Gasteiger partial charge in [0.1, 0.15) is 11.4 Å². The standard InChI is InChI=1S/C20H29N3O2/c1-22-11-8-20(9-12-22)15-23(19(24)16-6-4-10-21-13-16)14-17-5-2-3-7-18(17)25-20/h2-3,5,7,16,21H,4,6,8-15H2,1H3. The van der Waals surface area contributed by atoms with Crippen LogP contribution in [0.15, 0.2) is 24.3 Å². The van der Waals surface area contributed by atoms with Gasteiger partial charge in [-0.05, 0) is 32.5 Å². The molecule has 4 rings (SSSR count). The predicted octanol–water partition coefficient (Wildman–Crippen LogP) is 1.87. The third-order valence-corrected chi connectivity index (χ3v) is 6.00. The fourth-order valence-electron chi connectivity index (χ4n) is 4.37. The van der Waals surface area contributed by atoms with Crippen LogP contribution in [-0.4, -0.2) is 61.1 Å². The molecule has 1 amide bonds. The maximum Gasteiger partial charge on any atom is 0.227 e. The van der Waals surface area contributed by atoms with Gasteiger partial charge in [-0.25, -0.2) is 0 Å². The number of carbonyl (C=O) groups excluding carboxylic acids is 1. The highest BCUT2D eigenvalue weighted by atomic mass is 16.5. The predicted molar refractivity (Wildman–Crippen MR) is 97.5 cm³/mol. The molecule has 3 aliphatic heterocycles. The zero-order chi connectivity index (χ0) is 17.3.